The van der Waals surface area contributed by atoms with E-state index < -0.39 is 0 Å². The fourth-order valence-corrected chi connectivity index (χ4v) is 0.710. The standard InChI is InChI=1S/C4H2Cl2N2.C3H6O2/c5-3-1-2-7-4(6)8-3;1-2-5-3-4/h1-2H;3H,2H2,1H3. The zero-order valence-electron chi connectivity index (χ0n) is 6.91. The average molecular weight is 223 g/mol. The maximum Gasteiger partial charge on any atom is 0.293 e. The molecule has 72 valence electrons. The molecule has 0 aliphatic heterocycles. The summed E-state index contributed by atoms with van der Waals surface area (Å²) in [5, 5.41) is 0.544. The highest BCUT2D eigenvalue weighted by Gasteiger charge is 1.88. The lowest BCUT2D eigenvalue weighted by atomic mass is 10.7. The first-order chi connectivity index (χ1) is 6.20. The largest absolute Gasteiger partial charge is 0.468 e. The number of halogens is 2. The molecule has 0 saturated heterocycles. The van der Waals surface area contributed by atoms with Crippen molar-refractivity contribution in [3.05, 3.63) is 22.7 Å². The molecule has 0 spiro atoms. The van der Waals surface area contributed by atoms with E-state index in [4.69, 9.17) is 23.2 Å². The molecule has 0 aliphatic rings. The second kappa shape index (κ2) is 7.76. The zero-order valence-corrected chi connectivity index (χ0v) is 8.42. The van der Waals surface area contributed by atoms with Crippen LogP contribution in [0.2, 0.25) is 10.4 Å². The van der Waals surface area contributed by atoms with Gasteiger partial charge in [-0.2, -0.15) is 0 Å². The molecule has 0 saturated carbocycles. The van der Waals surface area contributed by atoms with Crippen LogP contribution in [0.25, 0.3) is 0 Å². The van der Waals surface area contributed by atoms with Crippen LogP contribution in [0, 0.1) is 0 Å². The Morgan fingerprint density at radius 2 is 2.31 bits per heavy atom. The van der Waals surface area contributed by atoms with Crippen molar-refractivity contribution in [1.82, 2.24) is 9.97 Å². The second-order valence-electron chi connectivity index (χ2n) is 1.70. The molecule has 0 radical (unpaired) electrons. The molecule has 0 bridgehead atoms. The van der Waals surface area contributed by atoms with E-state index in [-0.39, 0.29) is 5.28 Å². The summed E-state index contributed by atoms with van der Waals surface area (Å²) >= 11 is 10.7. The van der Waals surface area contributed by atoms with Gasteiger partial charge >= 0.3 is 0 Å². The van der Waals surface area contributed by atoms with Crippen LogP contribution in [0.5, 0.6) is 0 Å². The van der Waals surface area contributed by atoms with Gasteiger partial charge in [0, 0.05) is 6.20 Å². The Kier molecular flexibility index (Phi) is 7.24. The van der Waals surface area contributed by atoms with Crippen molar-refractivity contribution >= 4 is 29.7 Å². The van der Waals surface area contributed by atoms with Gasteiger partial charge in [0.05, 0.1) is 6.61 Å². The number of hydrogen-bond donors (Lipinski definition) is 0. The van der Waals surface area contributed by atoms with Gasteiger partial charge in [0.25, 0.3) is 6.47 Å². The lowest BCUT2D eigenvalue weighted by Gasteiger charge is -1.85. The fourth-order valence-electron chi connectivity index (χ4n) is 0.383. The molecule has 0 atom stereocenters. The molecule has 0 amide bonds. The van der Waals surface area contributed by atoms with Gasteiger partial charge in [-0.3, -0.25) is 4.79 Å². The quantitative estimate of drug-likeness (QED) is 0.437. The molecular weight excluding hydrogens is 215 g/mol. The highest BCUT2D eigenvalue weighted by molar-refractivity contribution is 6.31. The van der Waals surface area contributed by atoms with Crippen molar-refractivity contribution < 1.29 is 9.53 Å². The molecule has 6 heteroatoms. The van der Waals surface area contributed by atoms with Crippen molar-refractivity contribution in [2.24, 2.45) is 0 Å². The van der Waals surface area contributed by atoms with Crippen LogP contribution in [-0.4, -0.2) is 23.0 Å². The summed E-state index contributed by atoms with van der Waals surface area (Å²) in [6.45, 7) is 2.66. The Labute approximate surface area is 85.9 Å². The SMILES string of the molecule is CCOC=O.Clc1ccnc(Cl)n1. The first-order valence-electron chi connectivity index (χ1n) is 3.40. The number of hydrogen-bond acceptors (Lipinski definition) is 4. The Morgan fingerprint density at radius 3 is 2.54 bits per heavy atom. The molecule has 0 aliphatic carbocycles. The third kappa shape index (κ3) is 7.49. The number of rotatable bonds is 2. The van der Waals surface area contributed by atoms with Gasteiger partial charge in [-0.25, -0.2) is 9.97 Å². The summed E-state index contributed by atoms with van der Waals surface area (Å²) < 4.78 is 4.15. The van der Waals surface area contributed by atoms with Crippen LogP contribution in [0.3, 0.4) is 0 Å². The summed E-state index contributed by atoms with van der Waals surface area (Å²) in [4.78, 5) is 16.4. The van der Waals surface area contributed by atoms with Crippen molar-refractivity contribution in [2.45, 2.75) is 6.92 Å². The van der Waals surface area contributed by atoms with Crippen LogP contribution in [0.4, 0.5) is 0 Å². The van der Waals surface area contributed by atoms with Crippen LogP contribution in [0.15, 0.2) is 12.3 Å². The van der Waals surface area contributed by atoms with Crippen molar-refractivity contribution in [1.29, 1.82) is 0 Å². The molecular formula is C7H8Cl2N2O2. The van der Waals surface area contributed by atoms with Gasteiger partial charge in [0.15, 0.2) is 0 Å². The van der Waals surface area contributed by atoms with E-state index in [1.54, 1.807) is 13.0 Å². The average Bonchev–Trinajstić information content (AvgIpc) is 2.06. The van der Waals surface area contributed by atoms with Crippen molar-refractivity contribution in [3.63, 3.8) is 0 Å². The van der Waals surface area contributed by atoms with E-state index in [2.05, 4.69) is 14.7 Å². The van der Waals surface area contributed by atoms with Gasteiger partial charge < -0.3 is 4.74 Å². The van der Waals surface area contributed by atoms with E-state index in [1.165, 1.54) is 6.20 Å². The summed E-state index contributed by atoms with van der Waals surface area (Å²) in [6, 6.07) is 1.56. The number of ether oxygens (including phenoxy) is 1. The third-order valence-electron chi connectivity index (χ3n) is 0.827. The number of aromatic nitrogens is 2. The smallest absolute Gasteiger partial charge is 0.293 e. The Bertz CT molecular complexity index is 241. The van der Waals surface area contributed by atoms with E-state index >= 15 is 0 Å². The van der Waals surface area contributed by atoms with Gasteiger partial charge in [0.2, 0.25) is 5.28 Å². The van der Waals surface area contributed by atoms with Crippen LogP contribution in [-0.2, 0) is 9.53 Å². The molecule has 0 aromatic carbocycles. The Hall–Kier alpha value is -0.870. The second-order valence-corrected chi connectivity index (χ2v) is 2.43. The lowest BCUT2D eigenvalue weighted by Crippen LogP contribution is -1.80. The van der Waals surface area contributed by atoms with Gasteiger partial charge in [-0.15, -0.1) is 0 Å². The Morgan fingerprint density at radius 1 is 1.62 bits per heavy atom. The maximum absolute atomic E-state index is 9.18. The minimum absolute atomic E-state index is 0.178. The summed E-state index contributed by atoms with van der Waals surface area (Å²) in [5.74, 6) is 0. The fraction of sp³-hybridized carbons (Fsp3) is 0.286. The molecule has 1 heterocycles. The molecule has 0 N–H and O–H groups in total. The molecule has 0 unspecified atom stereocenters. The summed E-state index contributed by atoms with van der Waals surface area (Å²) in [7, 11) is 0. The predicted molar refractivity (Wildman–Crippen MR) is 49.7 cm³/mol. The number of nitrogens with zero attached hydrogens (tertiary/aromatic N) is 2. The molecule has 13 heavy (non-hydrogen) atoms. The van der Waals surface area contributed by atoms with Crippen molar-refractivity contribution in [3.8, 4) is 0 Å². The van der Waals surface area contributed by atoms with Gasteiger partial charge in [0.1, 0.15) is 5.15 Å². The Balaban J connectivity index is 0.000000252. The highest BCUT2D eigenvalue weighted by Crippen LogP contribution is 2.04. The zero-order chi connectivity index (χ0) is 10.1. The topological polar surface area (TPSA) is 52.1 Å². The van der Waals surface area contributed by atoms with E-state index in [1.807, 2.05) is 0 Å². The van der Waals surface area contributed by atoms with Crippen LogP contribution < -0.4 is 0 Å². The van der Waals surface area contributed by atoms with E-state index in [0.717, 1.165) is 0 Å². The van der Waals surface area contributed by atoms with E-state index in [0.29, 0.717) is 18.2 Å². The van der Waals surface area contributed by atoms with Crippen LogP contribution >= 0.6 is 23.2 Å². The predicted octanol–water partition coefficient (Wildman–Crippen LogP) is 1.96. The molecule has 1 rings (SSSR count). The van der Waals surface area contributed by atoms with Crippen LogP contribution in [0.1, 0.15) is 6.92 Å². The van der Waals surface area contributed by atoms with Crippen molar-refractivity contribution in [2.75, 3.05) is 6.61 Å². The molecule has 0 fully saturated rings. The number of carbonyl (C=O) groups is 1. The minimum atomic E-state index is 0.178. The summed E-state index contributed by atoms with van der Waals surface area (Å²) in [6.07, 6.45) is 1.50. The third-order valence-corrected chi connectivity index (χ3v) is 1.22. The monoisotopic (exact) mass is 222 g/mol. The van der Waals surface area contributed by atoms with Gasteiger partial charge in [-0.05, 0) is 24.6 Å². The summed E-state index contributed by atoms with van der Waals surface area (Å²) in [5.41, 5.74) is 0. The number of carbonyl (C=O) groups excluding carboxylic acids is 1. The molecule has 4 nitrogen and oxygen atoms in total. The molecule has 1 aromatic heterocycles. The molecule has 1 aromatic rings. The highest BCUT2D eigenvalue weighted by atomic mass is 35.5. The first-order valence-corrected chi connectivity index (χ1v) is 4.15. The lowest BCUT2D eigenvalue weighted by molar-refractivity contribution is -0.128. The minimum Gasteiger partial charge on any atom is -0.468 e. The van der Waals surface area contributed by atoms with Gasteiger partial charge in [-0.1, -0.05) is 11.6 Å². The first kappa shape index (κ1) is 12.1. The maximum atomic E-state index is 9.18. The van der Waals surface area contributed by atoms with E-state index in [9.17, 15) is 4.79 Å². The normalized spacial score (nSPS) is 8.23.